The molecule has 1 aliphatic carbocycles. The van der Waals surface area contributed by atoms with Gasteiger partial charge < -0.3 is 20.1 Å². The monoisotopic (exact) mass is 362 g/mol. The van der Waals surface area contributed by atoms with E-state index < -0.39 is 22.8 Å². The summed E-state index contributed by atoms with van der Waals surface area (Å²) in [6, 6.07) is 0. The molecule has 6 heteroatoms. The van der Waals surface area contributed by atoms with Gasteiger partial charge in [-0.05, 0) is 38.2 Å². The summed E-state index contributed by atoms with van der Waals surface area (Å²) in [6.07, 6.45) is 4.07. The van der Waals surface area contributed by atoms with Crippen molar-refractivity contribution < 1.29 is 15.0 Å². The molecular formula is C20H30N2O4. The van der Waals surface area contributed by atoms with Crippen LogP contribution in [0.15, 0.2) is 22.8 Å². The third kappa shape index (κ3) is 4.36. The number of allylic oxidation sites excluding steroid dienone is 3. The fourth-order valence-electron chi connectivity index (χ4n) is 3.00. The lowest BCUT2D eigenvalue weighted by Gasteiger charge is -2.26. The second kappa shape index (κ2) is 9.27. The summed E-state index contributed by atoms with van der Waals surface area (Å²) in [4.78, 5) is 27.9. The van der Waals surface area contributed by atoms with Crippen LogP contribution in [0.5, 0.6) is 5.75 Å². The van der Waals surface area contributed by atoms with Gasteiger partial charge in [-0.3, -0.25) is 4.79 Å². The number of aromatic amines is 1. The minimum Gasteiger partial charge on any atom is -0.506 e. The molecule has 144 valence electrons. The number of rotatable bonds is 4. The number of aromatic nitrogens is 1. The number of aromatic hydroxyl groups is 1. The molecule has 0 bridgehead atoms. The van der Waals surface area contributed by atoms with Crippen molar-refractivity contribution >= 4 is 11.5 Å². The first-order chi connectivity index (χ1) is 12.2. The van der Waals surface area contributed by atoms with Crippen LogP contribution in [0.1, 0.15) is 75.0 Å². The number of carboxylic acids is 1. The van der Waals surface area contributed by atoms with Crippen molar-refractivity contribution in [2.75, 3.05) is 7.05 Å². The topological polar surface area (TPSA) is 93.6 Å². The van der Waals surface area contributed by atoms with Crippen molar-refractivity contribution in [3.63, 3.8) is 0 Å². The van der Waals surface area contributed by atoms with Crippen LogP contribution in [0.2, 0.25) is 0 Å². The third-order valence-corrected chi connectivity index (χ3v) is 4.44. The number of aromatic carboxylic acids is 1. The standard InChI is InChI=1S/C17H22N2O4.C3H8/c1-5-9(2)19(4)12-8-6-7-11-14(10(12)3)18-16(21)13(15(11)20)17(22)23;1-3-2/h2,5-8H2,1,3-4H3,(H,22,23)(H2,18,20,21);3H2,1-2H3. The molecule has 3 N–H and O–H groups in total. The van der Waals surface area contributed by atoms with Gasteiger partial charge in [-0.2, -0.15) is 0 Å². The van der Waals surface area contributed by atoms with E-state index >= 15 is 0 Å². The molecule has 1 heterocycles. The van der Waals surface area contributed by atoms with Gasteiger partial charge in [-0.1, -0.05) is 33.8 Å². The summed E-state index contributed by atoms with van der Waals surface area (Å²) < 4.78 is 0. The highest BCUT2D eigenvalue weighted by Gasteiger charge is 2.26. The molecule has 1 aliphatic rings. The zero-order valence-electron chi connectivity index (χ0n) is 16.4. The third-order valence-electron chi connectivity index (χ3n) is 4.44. The van der Waals surface area contributed by atoms with E-state index in [1.807, 2.05) is 25.8 Å². The molecule has 0 spiro atoms. The van der Waals surface area contributed by atoms with Crippen LogP contribution >= 0.6 is 0 Å². The van der Waals surface area contributed by atoms with Crippen LogP contribution in [0, 0.1) is 0 Å². The molecule has 1 aromatic heterocycles. The lowest BCUT2D eigenvalue weighted by Crippen LogP contribution is -2.21. The maximum atomic E-state index is 12.0. The number of hydrogen-bond acceptors (Lipinski definition) is 4. The number of nitrogens with zero attached hydrogens (tertiary/aromatic N) is 1. The van der Waals surface area contributed by atoms with Gasteiger partial charge in [0.05, 0.1) is 5.69 Å². The summed E-state index contributed by atoms with van der Waals surface area (Å²) in [5.74, 6) is -1.84. The normalized spacial score (nSPS) is 13.3. The Kier molecular flexibility index (Phi) is 7.68. The van der Waals surface area contributed by atoms with Gasteiger partial charge in [-0.15, -0.1) is 0 Å². The van der Waals surface area contributed by atoms with E-state index in [-0.39, 0.29) is 0 Å². The number of pyridine rings is 1. The van der Waals surface area contributed by atoms with E-state index in [1.54, 1.807) is 0 Å². The molecule has 0 aliphatic heterocycles. The fraction of sp³-hybridized carbons (Fsp3) is 0.500. The van der Waals surface area contributed by atoms with Crippen LogP contribution in [-0.4, -0.2) is 33.1 Å². The molecule has 0 saturated carbocycles. The first kappa shape index (κ1) is 21.5. The largest absolute Gasteiger partial charge is 0.506 e. The van der Waals surface area contributed by atoms with E-state index in [4.69, 9.17) is 5.11 Å². The molecule has 0 saturated heterocycles. The van der Waals surface area contributed by atoms with E-state index in [2.05, 4.69) is 25.4 Å². The Morgan fingerprint density at radius 3 is 2.35 bits per heavy atom. The van der Waals surface area contributed by atoms with Gasteiger partial charge in [-0.25, -0.2) is 4.79 Å². The average molecular weight is 362 g/mol. The van der Waals surface area contributed by atoms with Crippen LogP contribution in [0.4, 0.5) is 0 Å². The highest BCUT2D eigenvalue weighted by molar-refractivity contribution is 5.91. The highest BCUT2D eigenvalue weighted by Crippen LogP contribution is 2.35. The van der Waals surface area contributed by atoms with Crippen LogP contribution < -0.4 is 5.56 Å². The first-order valence-electron chi connectivity index (χ1n) is 9.04. The minimum absolute atomic E-state index is 0.422. The predicted octanol–water partition coefficient (Wildman–Crippen LogP) is 4.12. The maximum Gasteiger partial charge on any atom is 0.345 e. The molecule has 1 aromatic rings. The Hall–Kier alpha value is -2.50. The second-order valence-corrected chi connectivity index (χ2v) is 6.45. The highest BCUT2D eigenvalue weighted by atomic mass is 16.4. The Morgan fingerprint density at radius 1 is 1.27 bits per heavy atom. The second-order valence-electron chi connectivity index (χ2n) is 6.45. The molecular weight excluding hydrogens is 332 g/mol. The summed E-state index contributed by atoms with van der Waals surface area (Å²) >= 11 is 0. The van der Waals surface area contributed by atoms with E-state index in [0.29, 0.717) is 17.7 Å². The number of carbonyl (C=O) groups is 1. The molecule has 0 aromatic carbocycles. The minimum atomic E-state index is -1.42. The van der Waals surface area contributed by atoms with Gasteiger partial charge >= 0.3 is 5.97 Å². The van der Waals surface area contributed by atoms with Gasteiger partial charge in [0.25, 0.3) is 5.56 Å². The molecule has 6 nitrogen and oxygen atoms in total. The van der Waals surface area contributed by atoms with Crippen molar-refractivity contribution in [1.82, 2.24) is 9.88 Å². The van der Waals surface area contributed by atoms with Crippen molar-refractivity contribution in [3.8, 4) is 5.75 Å². The van der Waals surface area contributed by atoms with Crippen LogP contribution in [-0.2, 0) is 6.42 Å². The Labute approximate surface area is 154 Å². The summed E-state index contributed by atoms with van der Waals surface area (Å²) in [5.41, 5.74) is 2.44. The van der Waals surface area contributed by atoms with Crippen LogP contribution in [0.3, 0.4) is 0 Å². The Bertz CT molecular complexity index is 775. The molecule has 0 fully saturated rings. The molecule has 0 amide bonds. The molecule has 26 heavy (non-hydrogen) atoms. The number of H-pyrrole nitrogens is 1. The van der Waals surface area contributed by atoms with Crippen molar-refractivity contribution in [1.29, 1.82) is 0 Å². The SMILES string of the molecule is C=C(CC)N(C)C1=C(C)c2[nH]c(=O)c(C(=O)O)c(O)c2CCC1.CCC. The lowest BCUT2D eigenvalue weighted by molar-refractivity contribution is 0.0691. The zero-order valence-corrected chi connectivity index (χ0v) is 16.4. The summed E-state index contributed by atoms with van der Waals surface area (Å²) in [5, 5.41) is 19.4. The van der Waals surface area contributed by atoms with Crippen molar-refractivity contribution in [3.05, 3.63) is 45.1 Å². The number of hydrogen-bond donors (Lipinski definition) is 3. The van der Waals surface area contributed by atoms with Gasteiger partial charge in [0.1, 0.15) is 5.75 Å². The maximum absolute atomic E-state index is 12.0. The molecule has 2 rings (SSSR count). The lowest BCUT2D eigenvalue weighted by atomic mass is 10.0. The van der Waals surface area contributed by atoms with Crippen molar-refractivity contribution in [2.24, 2.45) is 0 Å². The van der Waals surface area contributed by atoms with E-state index in [1.165, 1.54) is 6.42 Å². The predicted molar refractivity (Wildman–Crippen MR) is 104 cm³/mol. The zero-order chi connectivity index (χ0) is 20.0. The molecule has 0 atom stereocenters. The molecule has 0 radical (unpaired) electrons. The van der Waals surface area contributed by atoms with Gasteiger partial charge in [0, 0.05) is 24.0 Å². The molecule has 0 unspecified atom stereocenters. The van der Waals surface area contributed by atoms with Gasteiger partial charge in [0.15, 0.2) is 5.56 Å². The average Bonchev–Trinajstić information content (AvgIpc) is 2.74. The first-order valence-corrected chi connectivity index (χ1v) is 9.04. The Balaban J connectivity index is 0.00000105. The Morgan fingerprint density at radius 2 is 1.85 bits per heavy atom. The van der Waals surface area contributed by atoms with Crippen molar-refractivity contribution in [2.45, 2.75) is 59.8 Å². The van der Waals surface area contributed by atoms with Gasteiger partial charge in [0.2, 0.25) is 0 Å². The van der Waals surface area contributed by atoms with E-state index in [0.717, 1.165) is 36.2 Å². The summed E-state index contributed by atoms with van der Waals surface area (Å²) in [7, 11) is 1.93. The quantitative estimate of drug-likeness (QED) is 0.749. The number of carboxylic acid groups (broad SMARTS) is 1. The number of fused-ring (bicyclic) bond motifs is 1. The summed E-state index contributed by atoms with van der Waals surface area (Å²) in [6.45, 7) is 12.2. The fourth-order valence-corrected chi connectivity index (χ4v) is 3.00. The smallest absolute Gasteiger partial charge is 0.345 e. The van der Waals surface area contributed by atoms with Crippen LogP contribution in [0.25, 0.3) is 5.57 Å². The van der Waals surface area contributed by atoms with E-state index in [9.17, 15) is 14.7 Å². The number of nitrogens with one attached hydrogen (secondary N) is 1.